The van der Waals surface area contributed by atoms with Gasteiger partial charge < -0.3 is 10.6 Å². The summed E-state index contributed by atoms with van der Waals surface area (Å²) in [5.41, 5.74) is 10.0. The predicted molar refractivity (Wildman–Crippen MR) is 86.8 cm³/mol. The summed E-state index contributed by atoms with van der Waals surface area (Å²) in [4.78, 5) is 14.0. The lowest BCUT2D eigenvalue weighted by molar-refractivity contribution is -0.130. The van der Waals surface area contributed by atoms with E-state index in [4.69, 9.17) is 5.73 Å². The lowest BCUT2D eigenvalue weighted by atomic mass is 10.1. The SMILES string of the molecule is Cc1ccccc1CN(C)C(=O)CCc1cccc(N)c1. The maximum absolute atomic E-state index is 12.2. The highest BCUT2D eigenvalue weighted by Crippen LogP contribution is 2.12. The quantitative estimate of drug-likeness (QED) is 0.856. The Morgan fingerprint density at radius 2 is 1.90 bits per heavy atom. The number of benzene rings is 2. The fourth-order valence-corrected chi connectivity index (χ4v) is 2.32. The van der Waals surface area contributed by atoms with Crippen molar-refractivity contribution >= 4 is 11.6 Å². The molecular weight excluding hydrogens is 260 g/mol. The van der Waals surface area contributed by atoms with Crippen molar-refractivity contribution in [2.24, 2.45) is 0 Å². The largest absolute Gasteiger partial charge is 0.399 e. The maximum atomic E-state index is 12.2. The Morgan fingerprint density at radius 3 is 2.62 bits per heavy atom. The van der Waals surface area contributed by atoms with Crippen LogP contribution < -0.4 is 5.73 Å². The summed E-state index contributed by atoms with van der Waals surface area (Å²) in [5.74, 6) is 0.153. The first kappa shape index (κ1) is 15.1. The Balaban J connectivity index is 1.90. The molecule has 3 nitrogen and oxygen atoms in total. The summed E-state index contributed by atoms with van der Waals surface area (Å²) in [6.45, 7) is 2.73. The highest BCUT2D eigenvalue weighted by atomic mass is 16.2. The Kier molecular flexibility index (Phi) is 4.99. The minimum atomic E-state index is 0.153. The number of rotatable bonds is 5. The standard InChI is InChI=1S/C18H22N2O/c1-14-6-3-4-8-16(14)13-20(2)18(21)11-10-15-7-5-9-17(19)12-15/h3-9,12H,10-11,13,19H2,1-2H3. The van der Waals surface area contributed by atoms with Gasteiger partial charge in [-0.2, -0.15) is 0 Å². The third-order valence-corrected chi connectivity index (χ3v) is 3.67. The second-order valence-electron chi connectivity index (χ2n) is 5.42. The van der Waals surface area contributed by atoms with Crippen molar-refractivity contribution in [1.29, 1.82) is 0 Å². The minimum absolute atomic E-state index is 0.153. The van der Waals surface area contributed by atoms with E-state index in [1.165, 1.54) is 11.1 Å². The Hall–Kier alpha value is -2.29. The molecule has 0 saturated heterocycles. The van der Waals surface area contributed by atoms with Crippen molar-refractivity contribution in [3.05, 3.63) is 65.2 Å². The first-order valence-corrected chi connectivity index (χ1v) is 7.19. The number of carbonyl (C=O) groups excluding carboxylic acids is 1. The third kappa shape index (κ3) is 4.35. The van der Waals surface area contributed by atoms with Crippen LogP contribution in [-0.2, 0) is 17.8 Å². The van der Waals surface area contributed by atoms with E-state index in [-0.39, 0.29) is 5.91 Å². The summed E-state index contributed by atoms with van der Waals surface area (Å²) < 4.78 is 0. The van der Waals surface area contributed by atoms with Crippen LogP contribution in [0.2, 0.25) is 0 Å². The molecule has 0 aromatic heterocycles. The highest BCUT2D eigenvalue weighted by molar-refractivity contribution is 5.76. The number of nitrogen functional groups attached to an aromatic ring is 1. The summed E-state index contributed by atoms with van der Waals surface area (Å²) in [6, 6.07) is 15.9. The second kappa shape index (κ2) is 6.93. The van der Waals surface area contributed by atoms with E-state index < -0.39 is 0 Å². The summed E-state index contributed by atoms with van der Waals surface area (Å²) in [5, 5.41) is 0. The summed E-state index contributed by atoms with van der Waals surface area (Å²) >= 11 is 0. The number of hydrogen-bond acceptors (Lipinski definition) is 2. The van der Waals surface area contributed by atoms with Gasteiger partial charge in [-0.15, -0.1) is 0 Å². The molecule has 2 aromatic carbocycles. The molecule has 0 radical (unpaired) electrons. The van der Waals surface area contributed by atoms with Gasteiger partial charge in [0.2, 0.25) is 5.91 Å². The number of amides is 1. The van der Waals surface area contributed by atoms with Crippen LogP contribution in [0.25, 0.3) is 0 Å². The van der Waals surface area contributed by atoms with Gasteiger partial charge in [0.15, 0.2) is 0 Å². The molecule has 21 heavy (non-hydrogen) atoms. The van der Waals surface area contributed by atoms with Crippen LogP contribution in [-0.4, -0.2) is 17.9 Å². The number of nitrogens with zero attached hydrogens (tertiary/aromatic N) is 1. The zero-order valence-electron chi connectivity index (χ0n) is 12.7. The monoisotopic (exact) mass is 282 g/mol. The molecular formula is C18H22N2O. The Morgan fingerprint density at radius 1 is 1.14 bits per heavy atom. The fourth-order valence-electron chi connectivity index (χ4n) is 2.32. The van der Waals surface area contributed by atoms with Gasteiger partial charge in [0.25, 0.3) is 0 Å². The van der Waals surface area contributed by atoms with Crippen LogP contribution in [0.4, 0.5) is 5.69 Å². The first-order valence-electron chi connectivity index (χ1n) is 7.19. The molecule has 3 heteroatoms. The van der Waals surface area contributed by atoms with E-state index in [1.807, 2.05) is 43.4 Å². The van der Waals surface area contributed by atoms with Crippen LogP contribution >= 0.6 is 0 Å². The summed E-state index contributed by atoms with van der Waals surface area (Å²) in [6.07, 6.45) is 1.23. The van der Waals surface area contributed by atoms with Gasteiger partial charge in [-0.1, -0.05) is 36.4 Å². The first-order chi connectivity index (χ1) is 10.1. The van der Waals surface area contributed by atoms with E-state index in [0.29, 0.717) is 13.0 Å². The van der Waals surface area contributed by atoms with Crippen molar-refractivity contribution in [1.82, 2.24) is 4.90 Å². The molecule has 110 valence electrons. The van der Waals surface area contributed by atoms with Gasteiger partial charge in [-0.05, 0) is 42.2 Å². The normalized spacial score (nSPS) is 10.4. The van der Waals surface area contributed by atoms with Gasteiger partial charge >= 0.3 is 0 Å². The van der Waals surface area contributed by atoms with Gasteiger partial charge in [0.1, 0.15) is 0 Å². The predicted octanol–water partition coefficient (Wildman–Crippen LogP) is 3.17. The van der Waals surface area contributed by atoms with Crippen LogP contribution in [0.15, 0.2) is 48.5 Å². The van der Waals surface area contributed by atoms with Crippen molar-refractivity contribution in [2.45, 2.75) is 26.3 Å². The molecule has 2 N–H and O–H groups in total. The number of hydrogen-bond donors (Lipinski definition) is 1. The van der Waals surface area contributed by atoms with E-state index in [1.54, 1.807) is 4.90 Å². The highest BCUT2D eigenvalue weighted by Gasteiger charge is 2.10. The van der Waals surface area contributed by atoms with Crippen molar-refractivity contribution < 1.29 is 4.79 Å². The van der Waals surface area contributed by atoms with Crippen molar-refractivity contribution in [3.8, 4) is 0 Å². The Labute approximate surface area is 126 Å². The number of carbonyl (C=O) groups is 1. The molecule has 0 aliphatic carbocycles. The number of aryl methyl sites for hydroxylation is 2. The number of nitrogens with two attached hydrogens (primary N) is 1. The van der Waals surface area contributed by atoms with E-state index in [0.717, 1.165) is 17.7 Å². The van der Waals surface area contributed by atoms with Crippen molar-refractivity contribution in [3.63, 3.8) is 0 Å². The molecule has 2 aromatic rings. The lowest BCUT2D eigenvalue weighted by Gasteiger charge is -2.18. The van der Waals surface area contributed by atoms with E-state index in [9.17, 15) is 4.79 Å². The van der Waals surface area contributed by atoms with E-state index in [2.05, 4.69) is 19.1 Å². The molecule has 0 aliphatic rings. The average molecular weight is 282 g/mol. The maximum Gasteiger partial charge on any atom is 0.222 e. The van der Waals surface area contributed by atoms with Crippen LogP contribution in [0.1, 0.15) is 23.1 Å². The zero-order chi connectivity index (χ0) is 15.2. The van der Waals surface area contributed by atoms with Crippen LogP contribution in [0.3, 0.4) is 0 Å². The third-order valence-electron chi connectivity index (χ3n) is 3.67. The zero-order valence-corrected chi connectivity index (χ0v) is 12.7. The molecule has 0 saturated carbocycles. The molecule has 0 unspecified atom stereocenters. The molecule has 0 fully saturated rings. The smallest absolute Gasteiger partial charge is 0.222 e. The van der Waals surface area contributed by atoms with Gasteiger partial charge in [-0.3, -0.25) is 4.79 Å². The fraction of sp³-hybridized carbons (Fsp3) is 0.278. The molecule has 0 spiro atoms. The average Bonchev–Trinajstić information content (AvgIpc) is 2.47. The molecule has 0 aliphatic heterocycles. The summed E-state index contributed by atoms with van der Waals surface area (Å²) in [7, 11) is 1.86. The van der Waals surface area contributed by atoms with Crippen molar-refractivity contribution in [2.75, 3.05) is 12.8 Å². The lowest BCUT2D eigenvalue weighted by Crippen LogP contribution is -2.26. The Bertz CT molecular complexity index is 622. The molecule has 0 atom stereocenters. The number of anilines is 1. The van der Waals surface area contributed by atoms with Gasteiger partial charge in [0, 0.05) is 25.7 Å². The molecule has 2 rings (SSSR count). The minimum Gasteiger partial charge on any atom is -0.399 e. The topological polar surface area (TPSA) is 46.3 Å². The van der Waals surface area contributed by atoms with Gasteiger partial charge in [-0.25, -0.2) is 0 Å². The molecule has 0 heterocycles. The molecule has 1 amide bonds. The van der Waals surface area contributed by atoms with Crippen LogP contribution in [0, 0.1) is 6.92 Å². The molecule has 0 bridgehead atoms. The van der Waals surface area contributed by atoms with Gasteiger partial charge in [0.05, 0.1) is 0 Å². The second-order valence-corrected chi connectivity index (χ2v) is 5.42. The van der Waals surface area contributed by atoms with Crippen LogP contribution in [0.5, 0.6) is 0 Å². The van der Waals surface area contributed by atoms with E-state index >= 15 is 0 Å².